The van der Waals surface area contributed by atoms with E-state index < -0.39 is 11.7 Å². The number of furan rings is 1. The fourth-order valence-corrected chi connectivity index (χ4v) is 4.02. The van der Waals surface area contributed by atoms with E-state index in [0.717, 1.165) is 17.7 Å². The summed E-state index contributed by atoms with van der Waals surface area (Å²) in [7, 11) is 3.16. The summed E-state index contributed by atoms with van der Waals surface area (Å²) in [6, 6.07) is 15.2. The quantitative estimate of drug-likeness (QED) is 0.314. The molecular weight excluding hydrogens is 475 g/mol. The minimum absolute atomic E-state index is 0.0371. The first-order chi connectivity index (χ1) is 17.9. The fourth-order valence-electron chi connectivity index (χ4n) is 4.02. The third kappa shape index (κ3) is 7.59. The van der Waals surface area contributed by atoms with Crippen molar-refractivity contribution in [2.45, 2.75) is 39.7 Å². The zero-order valence-corrected chi connectivity index (χ0v) is 22.0. The van der Waals surface area contributed by atoms with E-state index in [1.54, 1.807) is 25.2 Å². The number of benzene rings is 2. The van der Waals surface area contributed by atoms with Gasteiger partial charge in [-0.15, -0.1) is 0 Å². The first-order valence-corrected chi connectivity index (χ1v) is 12.4. The number of carbonyl (C=O) groups is 2. The van der Waals surface area contributed by atoms with E-state index >= 15 is 0 Å². The lowest BCUT2D eigenvalue weighted by Gasteiger charge is -2.27. The summed E-state index contributed by atoms with van der Waals surface area (Å²) in [6.07, 6.45) is 2.10. The van der Waals surface area contributed by atoms with Crippen LogP contribution in [-0.4, -0.2) is 55.5 Å². The third-order valence-electron chi connectivity index (χ3n) is 6.11. The molecule has 37 heavy (non-hydrogen) atoms. The Labute approximate surface area is 217 Å². The molecule has 7 nitrogen and oxygen atoms in total. The lowest BCUT2D eigenvalue weighted by Crippen LogP contribution is -2.44. The highest BCUT2D eigenvalue weighted by atomic mass is 19.1. The van der Waals surface area contributed by atoms with Crippen LogP contribution in [0.25, 0.3) is 0 Å². The number of nitrogens with zero attached hydrogens (tertiary/aromatic N) is 2. The SMILES string of the molecule is CCCCN(CC(=O)N(CCc1ccc(OC)c(OC)c1)Cc1ccc(C)o1)C(=O)c1ccccc1F. The van der Waals surface area contributed by atoms with Gasteiger partial charge in [0, 0.05) is 13.1 Å². The molecule has 1 heterocycles. The third-order valence-corrected chi connectivity index (χ3v) is 6.11. The number of aryl methyl sites for hydroxylation is 1. The van der Waals surface area contributed by atoms with Crippen molar-refractivity contribution in [2.24, 2.45) is 0 Å². The molecule has 3 aromatic rings. The van der Waals surface area contributed by atoms with Gasteiger partial charge in [-0.3, -0.25) is 9.59 Å². The van der Waals surface area contributed by atoms with Crippen LogP contribution in [0.2, 0.25) is 0 Å². The average molecular weight is 511 g/mol. The number of methoxy groups -OCH3 is 2. The Hall–Kier alpha value is -3.81. The maximum absolute atomic E-state index is 14.4. The number of ether oxygens (including phenoxy) is 2. The number of carbonyl (C=O) groups excluding carboxylic acids is 2. The Morgan fingerprint density at radius 3 is 2.35 bits per heavy atom. The number of halogens is 1. The molecule has 0 saturated carbocycles. The van der Waals surface area contributed by atoms with E-state index in [2.05, 4.69) is 0 Å². The highest BCUT2D eigenvalue weighted by molar-refractivity contribution is 5.96. The number of amides is 2. The summed E-state index contributed by atoms with van der Waals surface area (Å²) in [6.45, 7) is 4.71. The highest BCUT2D eigenvalue weighted by Gasteiger charge is 2.24. The van der Waals surface area contributed by atoms with E-state index in [1.165, 1.54) is 23.1 Å². The van der Waals surface area contributed by atoms with Crippen molar-refractivity contribution in [3.63, 3.8) is 0 Å². The summed E-state index contributed by atoms with van der Waals surface area (Å²) >= 11 is 0. The molecule has 0 aliphatic rings. The van der Waals surface area contributed by atoms with Crippen LogP contribution in [0.15, 0.2) is 59.0 Å². The van der Waals surface area contributed by atoms with E-state index in [-0.39, 0.29) is 24.6 Å². The van der Waals surface area contributed by atoms with Crippen LogP contribution < -0.4 is 9.47 Å². The van der Waals surface area contributed by atoms with Gasteiger partial charge in [0.05, 0.1) is 26.3 Å². The Bertz CT molecular complexity index is 1190. The molecule has 0 N–H and O–H groups in total. The molecule has 0 fully saturated rings. The molecule has 0 unspecified atom stereocenters. The minimum Gasteiger partial charge on any atom is -0.493 e. The molecule has 0 spiro atoms. The highest BCUT2D eigenvalue weighted by Crippen LogP contribution is 2.28. The summed E-state index contributed by atoms with van der Waals surface area (Å²) < 4.78 is 30.8. The van der Waals surface area contributed by atoms with Crippen LogP contribution in [0.4, 0.5) is 4.39 Å². The molecule has 0 aliphatic carbocycles. The van der Waals surface area contributed by atoms with Crippen molar-refractivity contribution in [3.8, 4) is 11.5 Å². The molecule has 0 bridgehead atoms. The van der Waals surface area contributed by atoms with Gasteiger partial charge in [-0.05, 0) is 61.7 Å². The number of unbranched alkanes of at least 4 members (excludes halogenated alkanes) is 1. The van der Waals surface area contributed by atoms with Crippen LogP contribution >= 0.6 is 0 Å². The van der Waals surface area contributed by atoms with Gasteiger partial charge in [0.25, 0.3) is 5.91 Å². The molecule has 1 aromatic heterocycles. The maximum Gasteiger partial charge on any atom is 0.257 e. The Morgan fingerprint density at radius 1 is 0.946 bits per heavy atom. The number of hydrogen-bond donors (Lipinski definition) is 0. The zero-order chi connectivity index (χ0) is 26.8. The number of rotatable bonds is 13. The van der Waals surface area contributed by atoms with E-state index in [4.69, 9.17) is 13.9 Å². The van der Waals surface area contributed by atoms with Crippen molar-refractivity contribution in [3.05, 3.63) is 83.1 Å². The second-order valence-corrected chi connectivity index (χ2v) is 8.83. The molecule has 0 atom stereocenters. The zero-order valence-electron chi connectivity index (χ0n) is 22.0. The second-order valence-electron chi connectivity index (χ2n) is 8.83. The molecule has 2 amide bonds. The van der Waals surface area contributed by atoms with Gasteiger partial charge in [0.15, 0.2) is 11.5 Å². The summed E-state index contributed by atoms with van der Waals surface area (Å²) in [5.41, 5.74) is 0.932. The molecule has 8 heteroatoms. The molecule has 0 saturated heterocycles. The maximum atomic E-state index is 14.4. The number of hydrogen-bond acceptors (Lipinski definition) is 5. The van der Waals surface area contributed by atoms with E-state index in [0.29, 0.717) is 43.2 Å². The largest absolute Gasteiger partial charge is 0.493 e. The first kappa shape index (κ1) is 27.8. The monoisotopic (exact) mass is 510 g/mol. The minimum atomic E-state index is -0.599. The smallest absolute Gasteiger partial charge is 0.257 e. The normalized spacial score (nSPS) is 10.7. The van der Waals surface area contributed by atoms with Crippen LogP contribution in [0.3, 0.4) is 0 Å². The molecule has 2 aromatic carbocycles. The molecule has 3 rings (SSSR count). The van der Waals surface area contributed by atoms with Gasteiger partial charge in [0.1, 0.15) is 23.9 Å². The summed E-state index contributed by atoms with van der Waals surface area (Å²) in [4.78, 5) is 29.8. The van der Waals surface area contributed by atoms with E-state index in [1.807, 2.05) is 44.2 Å². The van der Waals surface area contributed by atoms with Gasteiger partial charge in [0.2, 0.25) is 5.91 Å². The summed E-state index contributed by atoms with van der Waals surface area (Å²) in [5, 5.41) is 0. The molecule has 0 radical (unpaired) electrons. The summed E-state index contributed by atoms with van der Waals surface area (Å²) in [5.74, 6) is 1.31. The van der Waals surface area contributed by atoms with Gasteiger partial charge in [-0.25, -0.2) is 4.39 Å². The van der Waals surface area contributed by atoms with Gasteiger partial charge in [-0.2, -0.15) is 0 Å². The second kappa shape index (κ2) is 13.5. The van der Waals surface area contributed by atoms with Crippen LogP contribution in [0.1, 0.15) is 47.2 Å². The lowest BCUT2D eigenvalue weighted by atomic mass is 10.1. The van der Waals surface area contributed by atoms with Crippen LogP contribution in [0, 0.1) is 12.7 Å². The molecule has 0 aliphatic heterocycles. The van der Waals surface area contributed by atoms with Crippen molar-refractivity contribution in [2.75, 3.05) is 33.9 Å². The predicted octanol–water partition coefficient (Wildman–Crippen LogP) is 5.26. The Balaban J connectivity index is 1.80. The standard InChI is InChI=1S/C29H35FN2O5/c1-5-6-16-32(29(34)24-9-7-8-10-25(24)30)20-28(33)31(19-23-13-11-21(2)37-23)17-15-22-12-14-26(35-3)27(18-22)36-4/h7-14,18H,5-6,15-17,19-20H2,1-4H3. The van der Waals surface area contributed by atoms with Gasteiger partial charge in [-0.1, -0.05) is 31.5 Å². The van der Waals surface area contributed by atoms with Crippen molar-refractivity contribution >= 4 is 11.8 Å². The van der Waals surface area contributed by atoms with Crippen molar-refractivity contribution < 1.29 is 27.9 Å². The van der Waals surface area contributed by atoms with E-state index in [9.17, 15) is 14.0 Å². The average Bonchev–Trinajstić information content (AvgIpc) is 3.32. The van der Waals surface area contributed by atoms with Crippen molar-refractivity contribution in [1.29, 1.82) is 0 Å². The van der Waals surface area contributed by atoms with Crippen molar-refractivity contribution in [1.82, 2.24) is 9.80 Å². The first-order valence-electron chi connectivity index (χ1n) is 12.4. The Kier molecular flexibility index (Phi) is 10.1. The Morgan fingerprint density at radius 2 is 1.70 bits per heavy atom. The molecular formula is C29H35FN2O5. The van der Waals surface area contributed by atoms with Crippen LogP contribution in [0.5, 0.6) is 11.5 Å². The lowest BCUT2D eigenvalue weighted by molar-refractivity contribution is -0.132. The van der Waals surface area contributed by atoms with Crippen LogP contribution in [-0.2, 0) is 17.8 Å². The van der Waals surface area contributed by atoms with Gasteiger partial charge >= 0.3 is 0 Å². The predicted molar refractivity (Wildman–Crippen MR) is 139 cm³/mol. The van der Waals surface area contributed by atoms with Gasteiger partial charge < -0.3 is 23.7 Å². The topological polar surface area (TPSA) is 72.2 Å². The fraction of sp³-hybridized carbons (Fsp3) is 0.379. The molecule has 198 valence electrons.